The van der Waals surface area contributed by atoms with Crippen LogP contribution < -0.4 is 5.32 Å². The van der Waals surface area contributed by atoms with Gasteiger partial charge in [-0.05, 0) is 43.0 Å². The fraction of sp³-hybridized carbons (Fsp3) is 0.143. The fourth-order valence-electron chi connectivity index (χ4n) is 2.73. The molecule has 0 aliphatic rings. The number of imidazole rings is 1. The number of thioether (sulfide) groups is 1. The zero-order valence-corrected chi connectivity index (χ0v) is 18.2. The minimum Gasteiger partial charge on any atom is -0.329 e. The number of nitrogens with zero attached hydrogens (tertiary/aromatic N) is 5. The van der Waals surface area contributed by atoms with Gasteiger partial charge in [-0.1, -0.05) is 41.6 Å². The smallest absolute Gasteiger partial charge is 0.234 e. The highest BCUT2D eigenvalue weighted by molar-refractivity contribution is 8.00. The predicted octanol–water partition coefficient (Wildman–Crippen LogP) is 4.19. The van der Waals surface area contributed by atoms with Crippen LogP contribution in [0.5, 0.6) is 0 Å². The van der Waals surface area contributed by atoms with Crippen molar-refractivity contribution in [3.63, 3.8) is 0 Å². The number of para-hydroxylation sites is 1. The van der Waals surface area contributed by atoms with Crippen LogP contribution in [-0.2, 0) is 11.8 Å². The van der Waals surface area contributed by atoms with E-state index in [1.807, 2.05) is 77.8 Å². The molecule has 2 heterocycles. The number of aromatic nitrogens is 5. The van der Waals surface area contributed by atoms with Crippen LogP contribution in [0.25, 0.3) is 5.69 Å². The van der Waals surface area contributed by atoms with Gasteiger partial charge in [0.1, 0.15) is 6.33 Å². The second kappa shape index (κ2) is 9.19. The summed E-state index contributed by atoms with van der Waals surface area (Å²) in [5.41, 5.74) is 2.91. The number of hydrogen-bond donors (Lipinski definition) is 1. The molecule has 2 aromatic heterocycles. The molecule has 1 N–H and O–H groups in total. The highest BCUT2D eigenvalue weighted by atomic mass is 32.2. The average Bonchev–Trinajstić information content (AvgIpc) is 3.37. The maximum absolute atomic E-state index is 12.6. The van der Waals surface area contributed by atoms with E-state index in [1.54, 1.807) is 12.5 Å². The maximum atomic E-state index is 12.6. The summed E-state index contributed by atoms with van der Waals surface area (Å²) in [6.07, 6.45) is 5.30. The van der Waals surface area contributed by atoms with Crippen LogP contribution in [-0.4, -0.2) is 36.0 Å². The summed E-state index contributed by atoms with van der Waals surface area (Å²) in [7, 11) is 1.94. The molecule has 0 aliphatic heterocycles. The highest BCUT2D eigenvalue weighted by Crippen LogP contribution is 2.32. The highest BCUT2D eigenvalue weighted by Gasteiger charge is 2.13. The van der Waals surface area contributed by atoms with Crippen molar-refractivity contribution in [2.75, 3.05) is 11.1 Å². The first-order chi connectivity index (χ1) is 14.6. The number of carbonyl (C=O) groups excluding carboxylic acids is 1. The second-order valence-corrected chi connectivity index (χ2v) is 8.53. The molecule has 0 radical (unpaired) electrons. The largest absolute Gasteiger partial charge is 0.329 e. The van der Waals surface area contributed by atoms with E-state index in [2.05, 4.69) is 20.5 Å². The molecule has 0 fully saturated rings. The molecule has 4 rings (SSSR count). The van der Waals surface area contributed by atoms with E-state index in [-0.39, 0.29) is 11.7 Å². The van der Waals surface area contributed by atoms with E-state index in [9.17, 15) is 4.79 Å². The standard InChI is InChI=1S/C21H20N6OS2/c1-15-7-9-16(10-8-15)27-14-23-25-21(27)29-13-19(28)24-17-5-3-4-6-18(17)30-20-22-11-12-26(20)2/h3-12,14H,13H2,1-2H3,(H,24,28). The number of hydrogen-bond acceptors (Lipinski definition) is 6. The number of nitrogens with one attached hydrogen (secondary N) is 1. The van der Waals surface area contributed by atoms with Gasteiger partial charge in [0.15, 0.2) is 10.3 Å². The quantitative estimate of drug-likeness (QED) is 0.438. The van der Waals surface area contributed by atoms with Crippen molar-refractivity contribution >= 4 is 35.1 Å². The van der Waals surface area contributed by atoms with Gasteiger partial charge in [-0.25, -0.2) is 4.98 Å². The molecule has 2 aromatic carbocycles. The van der Waals surface area contributed by atoms with Gasteiger partial charge in [0.2, 0.25) is 5.91 Å². The molecule has 0 bridgehead atoms. The van der Waals surface area contributed by atoms with E-state index in [4.69, 9.17) is 0 Å². The Morgan fingerprint density at radius 3 is 2.67 bits per heavy atom. The Bertz CT molecular complexity index is 1150. The van der Waals surface area contributed by atoms with Gasteiger partial charge >= 0.3 is 0 Å². The summed E-state index contributed by atoms with van der Waals surface area (Å²) in [5.74, 6) is 0.123. The third-order valence-electron chi connectivity index (χ3n) is 4.30. The van der Waals surface area contributed by atoms with Crippen molar-refractivity contribution in [3.05, 3.63) is 72.8 Å². The minimum atomic E-state index is -0.105. The molecule has 0 spiro atoms. The first kappa shape index (κ1) is 20.2. The molecule has 9 heteroatoms. The Balaban J connectivity index is 1.41. The number of amides is 1. The zero-order valence-electron chi connectivity index (χ0n) is 16.5. The predicted molar refractivity (Wildman–Crippen MR) is 119 cm³/mol. The van der Waals surface area contributed by atoms with Crippen LogP contribution in [0.4, 0.5) is 5.69 Å². The lowest BCUT2D eigenvalue weighted by Crippen LogP contribution is -2.15. The lowest BCUT2D eigenvalue weighted by Gasteiger charge is -2.11. The lowest BCUT2D eigenvalue weighted by molar-refractivity contribution is -0.113. The molecule has 0 saturated carbocycles. The van der Waals surface area contributed by atoms with Gasteiger partial charge in [0.05, 0.1) is 11.4 Å². The number of anilines is 1. The van der Waals surface area contributed by atoms with Crippen molar-refractivity contribution in [1.82, 2.24) is 24.3 Å². The van der Waals surface area contributed by atoms with Crippen LogP contribution in [0.2, 0.25) is 0 Å². The third kappa shape index (κ3) is 4.74. The molecule has 0 aliphatic carbocycles. The summed E-state index contributed by atoms with van der Waals surface area (Å²) < 4.78 is 3.82. The molecule has 30 heavy (non-hydrogen) atoms. The van der Waals surface area contributed by atoms with Crippen LogP contribution in [0.1, 0.15) is 5.56 Å². The monoisotopic (exact) mass is 436 g/mol. The van der Waals surface area contributed by atoms with Crippen LogP contribution >= 0.6 is 23.5 Å². The Morgan fingerprint density at radius 2 is 1.90 bits per heavy atom. The SMILES string of the molecule is Cc1ccc(-n2cnnc2SCC(=O)Nc2ccccc2Sc2nccn2C)cc1. The first-order valence-electron chi connectivity index (χ1n) is 9.24. The molecule has 0 atom stereocenters. The van der Waals surface area contributed by atoms with Crippen LogP contribution in [0.3, 0.4) is 0 Å². The third-order valence-corrected chi connectivity index (χ3v) is 6.40. The molecule has 152 valence electrons. The van der Waals surface area contributed by atoms with Crippen molar-refractivity contribution in [1.29, 1.82) is 0 Å². The summed E-state index contributed by atoms with van der Waals surface area (Å²) in [6, 6.07) is 15.8. The van der Waals surface area contributed by atoms with Gasteiger partial charge < -0.3 is 9.88 Å². The normalized spacial score (nSPS) is 10.9. The van der Waals surface area contributed by atoms with E-state index in [0.717, 1.165) is 21.4 Å². The summed E-state index contributed by atoms with van der Waals surface area (Å²) in [6.45, 7) is 2.04. The van der Waals surface area contributed by atoms with E-state index >= 15 is 0 Å². The van der Waals surface area contributed by atoms with Crippen LogP contribution in [0, 0.1) is 6.92 Å². The van der Waals surface area contributed by atoms with E-state index < -0.39 is 0 Å². The number of carbonyl (C=O) groups is 1. The minimum absolute atomic E-state index is 0.105. The Kier molecular flexibility index (Phi) is 6.20. The summed E-state index contributed by atoms with van der Waals surface area (Å²) >= 11 is 2.86. The lowest BCUT2D eigenvalue weighted by atomic mass is 10.2. The Hall–Kier alpha value is -3.04. The summed E-state index contributed by atoms with van der Waals surface area (Å²) in [5, 5.41) is 12.7. The van der Waals surface area contributed by atoms with Gasteiger partial charge in [-0.3, -0.25) is 9.36 Å². The fourth-order valence-corrected chi connectivity index (χ4v) is 4.35. The number of benzene rings is 2. The maximum Gasteiger partial charge on any atom is 0.234 e. The number of aryl methyl sites for hydroxylation is 2. The van der Waals surface area contributed by atoms with Gasteiger partial charge in [0, 0.05) is 30.0 Å². The molecule has 7 nitrogen and oxygen atoms in total. The van der Waals surface area contributed by atoms with Crippen molar-refractivity contribution < 1.29 is 4.79 Å². The molecule has 1 amide bonds. The van der Waals surface area contributed by atoms with Gasteiger partial charge in [-0.2, -0.15) is 0 Å². The average molecular weight is 437 g/mol. The molecular weight excluding hydrogens is 416 g/mol. The van der Waals surface area contributed by atoms with Gasteiger partial charge in [-0.15, -0.1) is 10.2 Å². The molecule has 0 saturated heterocycles. The molecular formula is C21H20N6OS2. The van der Waals surface area contributed by atoms with Gasteiger partial charge in [0.25, 0.3) is 0 Å². The Labute approximate surface area is 182 Å². The second-order valence-electron chi connectivity index (χ2n) is 6.57. The van der Waals surface area contributed by atoms with Crippen molar-refractivity contribution in [2.24, 2.45) is 7.05 Å². The van der Waals surface area contributed by atoms with Crippen molar-refractivity contribution in [3.8, 4) is 5.69 Å². The number of rotatable bonds is 7. The topological polar surface area (TPSA) is 77.6 Å². The molecule has 4 aromatic rings. The zero-order chi connectivity index (χ0) is 20.9. The first-order valence-corrected chi connectivity index (χ1v) is 11.0. The van der Waals surface area contributed by atoms with E-state index in [0.29, 0.717) is 5.16 Å². The summed E-state index contributed by atoms with van der Waals surface area (Å²) in [4.78, 5) is 17.9. The molecule has 0 unspecified atom stereocenters. The van der Waals surface area contributed by atoms with Crippen LogP contribution in [0.15, 0.2) is 82.5 Å². The van der Waals surface area contributed by atoms with E-state index in [1.165, 1.54) is 29.1 Å². The van der Waals surface area contributed by atoms with Crippen molar-refractivity contribution in [2.45, 2.75) is 22.1 Å². The Morgan fingerprint density at radius 1 is 1.10 bits per heavy atom.